The highest BCUT2D eigenvalue weighted by atomic mass is 35.5. The number of rotatable bonds is 4. The summed E-state index contributed by atoms with van der Waals surface area (Å²) in [7, 11) is 0. The van der Waals surface area contributed by atoms with Gasteiger partial charge in [-0.2, -0.15) is 5.10 Å². The van der Waals surface area contributed by atoms with Crippen LogP contribution in [0, 0.1) is 12.3 Å². The maximum absolute atomic E-state index is 13.2. The Balaban J connectivity index is 1.40. The van der Waals surface area contributed by atoms with Crippen LogP contribution < -0.4 is 4.90 Å². The van der Waals surface area contributed by atoms with Crippen molar-refractivity contribution in [2.24, 2.45) is 5.10 Å². The molecule has 0 aromatic heterocycles. The molecule has 2 heterocycles. The van der Waals surface area contributed by atoms with Crippen molar-refractivity contribution in [3.63, 3.8) is 0 Å². The Bertz CT molecular complexity index is 1410. The van der Waals surface area contributed by atoms with Crippen LogP contribution >= 0.6 is 46.6 Å². The Hall–Kier alpha value is -2.84. The van der Waals surface area contributed by atoms with E-state index in [1.165, 1.54) is 18.2 Å². The Labute approximate surface area is 233 Å². The van der Waals surface area contributed by atoms with Crippen LogP contribution in [0.4, 0.5) is 5.69 Å². The number of thioether (sulfide) groups is 1. The average molecular weight is 572 g/mol. The second kappa shape index (κ2) is 10.5. The van der Waals surface area contributed by atoms with Gasteiger partial charge in [0.2, 0.25) is 11.8 Å². The van der Waals surface area contributed by atoms with E-state index in [9.17, 15) is 9.59 Å². The summed E-state index contributed by atoms with van der Waals surface area (Å²) in [6, 6.07) is 19.9. The number of anilines is 1. The van der Waals surface area contributed by atoms with E-state index in [0.717, 1.165) is 39.1 Å². The lowest BCUT2D eigenvalue weighted by Gasteiger charge is -2.24. The summed E-state index contributed by atoms with van der Waals surface area (Å²) in [5, 5.41) is 15.9. The molecule has 188 valence electrons. The topological polar surface area (TPSA) is 76.8 Å². The number of hydrazone groups is 1. The molecule has 10 heteroatoms. The molecule has 3 aromatic rings. The first-order valence-corrected chi connectivity index (χ1v) is 13.5. The first kappa shape index (κ1) is 25.8. The highest BCUT2D eigenvalue weighted by Gasteiger charge is 2.42. The van der Waals surface area contributed by atoms with Gasteiger partial charge in [0.05, 0.1) is 17.4 Å². The summed E-state index contributed by atoms with van der Waals surface area (Å²) in [4.78, 5) is 27.1. The van der Waals surface area contributed by atoms with E-state index in [2.05, 4.69) is 0 Å². The molecule has 2 atom stereocenters. The second-order valence-corrected chi connectivity index (χ2v) is 11.3. The number of amidine groups is 1. The highest BCUT2D eigenvalue weighted by molar-refractivity contribution is 8.14. The molecule has 2 amide bonds. The summed E-state index contributed by atoms with van der Waals surface area (Å²) in [5.74, 6) is -0.781. The minimum Gasteiger partial charge on any atom is -0.277 e. The predicted octanol–water partition coefficient (Wildman–Crippen LogP) is 7.11. The number of amides is 2. The first-order chi connectivity index (χ1) is 17.7. The van der Waals surface area contributed by atoms with Crippen molar-refractivity contribution in [3.05, 3.63) is 98.5 Å². The quantitative estimate of drug-likeness (QED) is 0.206. The van der Waals surface area contributed by atoms with Gasteiger partial charge in [0.1, 0.15) is 5.25 Å². The Morgan fingerprint density at radius 2 is 1.57 bits per heavy atom. The SMILES string of the molecule is Cc1ccc(C2=NN(C(=N)SC3CC(=O)N(c4cc(Cl)cc(Cl)c4)C3=O)C(c3ccc(Cl)cc3)C2)cc1. The number of nitrogens with zero attached hydrogens (tertiary/aromatic N) is 3. The van der Waals surface area contributed by atoms with Crippen molar-refractivity contribution in [1.29, 1.82) is 5.41 Å². The van der Waals surface area contributed by atoms with E-state index < -0.39 is 11.2 Å². The van der Waals surface area contributed by atoms with Gasteiger partial charge in [-0.1, -0.05) is 88.5 Å². The molecule has 0 radical (unpaired) electrons. The zero-order chi connectivity index (χ0) is 26.3. The Kier molecular flexibility index (Phi) is 7.32. The summed E-state index contributed by atoms with van der Waals surface area (Å²) < 4.78 is 0. The van der Waals surface area contributed by atoms with Crippen molar-refractivity contribution in [2.75, 3.05) is 4.90 Å². The van der Waals surface area contributed by atoms with Crippen LogP contribution in [0.25, 0.3) is 0 Å². The summed E-state index contributed by atoms with van der Waals surface area (Å²) in [6.45, 7) is 2.02. The van der Waals surface area contributed by atoms with E-state index in [1.807, 2.05) is 55.5 Å². The molecule has 1 N–H and O–H groups in total. The van der Waals surface area contributed by atoms with Crippen LogP contribution in [0.5, 0.6) is 0 Å². The molecule has 0 bridgehead atoms. The van der Waals surface area contributed by atoms with Crippen LogP contribution in [0.3, 0.4) is 0 Å². The van der Waals surface area contributed by atoms with Crippen molar-refractivity contribution < 1.29 is 9.59 Å². The molecule has 1 fully saturated rings. The summed E-state index contributed by atoms with van der Waals surface area (Å²) in [6.07, 6.45) is 0.544. The summed E-state index contributed by atoms with van der Waals surface area (Å²) >= 11 is 19.3. The number of halogens is 3. The van der Waals surface area contributed by atoms with E-state index in [-0.39, 0.29) is 23.5 Å². The van der Waals surface area contributed by atoms with Gasteiger partial charge in [-0.3, -0.25) is 15.0 Å². The standard InChI is InChI=1S/C27H21Cl3N4O2S/c1-15-2-4-16(5-3-15)22-13-23(17-6-8-18(28)9-7-17)34(32-22)27(31)37-24-14-25(35)33(26(24)36)21-11-19(29)10-20(30)12-21/h2-12,23-24,31H,13-14H2,1H3. The molecular formula is C27H21Cl3N4O2S. The lowest BCUT2D eigenvalue weighted by atomic mass is 9.98. The molecule has 0 saturated carbocycles. The number of imide groups is 1. The molecule has 1 saturated heterocycles. The minimum absolute atomic E-state index is 0.0377. The molecular weight excluding hydrogens is 551 g/mol. The number of aryl methyl sites for hydroxylation is 1. The van der Waals surface area contributed by atoms with Crippen LogP contribution in [0.15, 0.2) is 71.8 Å². The number of carbonyl (C=O) groups is 2. The van der Waals surface area contributed by atoms with E-state index in [4.69, 9.17) is 45.3 Å². The highest BCUT2D eigenvalue weighted by Crippen LogP contribution is 2.38. The van der Waals surface area contributed by atoms with Crippen LogP contribution in [-0.2, 0) is 9.59 Å². The van der Waals surface area contributed by atoms with Crippen LogP contribution in [0.1, 0.15) is 35.6 Å². The van der Waals surface area contributed by atoms with Crippen molar-refractivity contribution in [3.8, 4) is 0 Å². The van der Waals surface area contributed by atoms with Gasteiger partial charge < -0.3 is 0 Å². The molecule has 5 rings (SSSR count). The molecule has 0 spiro atoms. The molecule has 6 nitrogen and oxygen atoms in total. The normalized spacial score (nSPS) is 19.5. The number of carbonyl (C=O) groups excluding carboxylic acids is 2. The van der Waals surface area contributed by atoms with Gasteiger partial charge >= 0.3 is 0 Å². The zero-order valence-corrected chi connectivity index (χ0v) is 22.7. The fourth-order valence-corrected chi connectivity index (χ4v) is 6.01. The van der Waals surface area contributed by atoms with Gasteiger partial charge in [-0.25, -0.2) is 9.91 Å². The number of nitrogens with one attached hydrogen (secondary N) is 1. The molecule has 2 aliphatic heterocycles. The molecule has 2 aliphatic rings. The molecule has 37 heavy (non-hydrogen) atoms. The lowest BCUT2D eigenvalue weighted by molar-refractivity contribution is -0.121. The van der Waals surface area contributed by atoms with E-state index in [0.29, 0.717) is 27.2 Å². The predicted molar refractivity (Wildman–Crippen MR) is 151 cm³/mol. The van der Waals surface area contributed by atoms with Gasteiger partial charge in [-0.05, 0) is 48.4 Å². The fourth-order valence-electron chi connectivity index (χ4n) is 4.39. The second-order valence-electron chi connectivity index (χ2n) is 8.84. The van der Waals surface area contributed by atoms with Gasteiger partial charge in [0.15, 0.2) is 5.17 Å². The smallest absolute Gasteiger partial charge is 0.247 e. The third-order valence-corrected chi connectivity index (χ3v) is 7.97. The monoisotopic (exact) mass is 570 g/mol. The van der Waals surface area contributed by atoms with E-state index in [1.54, 1.807) is 5.01 Å². The van der Waals surface area contributed by atoms with E-state index >= 15 is 0 Å². The summed E-state index contributed by atoms with van der Waals surface area (Å²) in [5.41, 5.74) is 4.23. The zero-order valence-electron chi connectivity index (χ0n) is 19.6. The maximum Gasteiger partial charge on any atom is 0.247 e. The molecule has 2 unspecified atom stereocenters. The van der Waals surface area contributed by atoms with Gasteiger partial charge in [0, 0.05) is 27.9 Å². The van der Waals surface area contributed by atoms with Gasteiger partial charge in [0.25, 0.3) is 0 Å². The Morgan fingerprint density at radius 3 is 2.22 bits per heavy atom. The first-order valence-electron chi connectivity index (χ1n) is 11.5. The largest absolute Gasteiger partial charge is 0.277 e. The van der Waals surface area contributed by atoms with Gasteiger partial charge in [-0.15, -0.1) is 0 Å². The Morgan fingerprint density at radius 1 is 0.919 bits per heavy atom. The lowest BCUT2D eigenvalue weighted by Crippen LogP contribution is -2.32. The number of hydrogen-bond acceptors (Lipinski definition) is 5. The third-order valence-electron chi connectivity index (χ3n) is 6.22. The van der Waals surface area contributed by atoms with Crippen LogP contribution in [-0.4, -0.2) is 33.0 Å². The maximum atomic E-state index is 13.2. The molecule has 0 aliphatic carbocycles. The average Bonchev–Trinajstić information content (AvgIpc) is 3.40. The fraction of sp³-hybridized carbons (Fsp3) is 0.185. The molecule has 3 aromatic carbocycles. The van der Waals surface area contributed by atoms with Crippen molar-refractivity contribution >= 4 is 74.9 Å². The third kappa shape index (κ3) is 5.41. The number of benzene rings is 3. The number of hydrogen-bond donors (Lipinski definition) is 1. The van der Waals surface area contributed by atoms with Crippen molar-refractivity contribution in [2.45, 2.75) is 31.1 Å². The van der Waals surface area contributed by atoms with Crippen LogP contribution in [0.2, 0.25) is 15.1 Å². The minimum atomic E-state index is -0.762. The van der Waals surface area contributed by atoms with Crippen molar-refractivity contribution in [1.82, 2.24) is 5.01 Å².